The van der Waals surface area contributed by atoms with Crippen LogP contribution >= 0.6 is 0 Å². The zero-order valence-corrected chi connectivity index (χ0v) is 18.4. The molecule has 0 saturated carbocycles. The molecule has 7 heteroatoms. The molecule has 2 aromatic carbocycles. The average Bonchev–Trinajstić information content (AvgIpc) is 2.77. The van der Waals surface area contributed by atoms with Crippen molar-refractivity contribution in [2.75, 3.05) is 13.7 Å². The minimum atomic E-state index is -1.68. The molecule has 0 N–H and O–H groups in total. The highest BCUT2D eigenvalue weighted by molar-refractivity contribution is 7.82. The molecule has 0 aromatic heterocycles. The number of ether oxygens (including phenoxy) is 1. The highest BCUT2D eigenvalue weighted by Gasteiger charge is 2.26. The molecule has 0 aliphatic heterocycles. The standard InChI is InChI=1S/C23H28N2O4S/c1-4-5-13-21(19(2)16-17-29-18-20-11-7-6-8-12-20)24(3)30(28)23-15-10-9-14-22(23)25(26)27/h4-12,14-16,21H,13,17-18H2,1-3H3/b5-4+,19-16+. The summed E-state index contributed by atoms with van der Waals surface area (Å²) in [4.78, 5) is 11.0. The van der Waals surface area contributed by atoms with Gasteiger partial charge in [-0.15, -0.1) is 0 Å². The smallest absolute Gasteiger partial charge is 0.286 e. The Morgan fingerprint density at radius 2 is 1.87 bits per heavy atom. The molecular weight excluding hydrogens is 400 g/mol. The lowest BCUT2D eigenvalue weighted by Crippen LogP contribution is -2.34. The molecule has 0 fully saturated rings. The summed E-state index contributed by atoms with van der Waals surface area (Å²) >= 11 is 0. The molecule has 0 aliphatic carbocycles. The number of allylic oxidation sites excluding steroid dienone is 1. The number of rotatable bonds is 11. The predicted molar refractivity (Wildman–Crippen MR) is 120 cm³/mol. The van der Waals surface area contributed by atoms with Crippen molar-refractivity contribution in [1.29, 1.82) is 0 Å². The summed E-state index contributed by atoms with van der Waals surface area (Å²) in [6.45, 7) is 4.84. The number of hydrogen-bond acceptors (Lipinski definition) is 4. The molecule has 0 saturated heterocycles. The van der Waals surface area contributed by atoms with Crippen molar-refractivity contribution in [2.24, 2.45) is 0 Å². The van der Waals surface area contributed by atoms with Gasteiger partial charge in [0.05, 0.1) is 18.1 Å². The van der Waals surface area contributed by atoms with E-state index in [1.807, 2.05) is 62.4 Å². The van der Waals surface area contributed by atoms with Crippen molar-refractivity contribution in [3.05, 3.63) is 94.1 Å². The monoisotopic (exact) mass is 428 g/mol. The number of benzene rings is 2. The molecule has 30 heavy (non-hydrogen) atoms. The van der Waals surface area contributed by atoms with Gasteiger partial charge in [-0.25, -0.2) is 8.51 Å². The van der Waals surface area contributed by atoms with E-state index in [2.05, 4.69) is 0 Å². The van der Waals surface area contributed by atoms with Crippen molar-refractivity contribution >= 4 is 16.7 Å². The molecule has 0 amide bonds. The second-order valence-corrected chi connectivity index (χ2v) is 8.30. The third kappa shape index (κ3) is 6.73. The zero-order chi connectivity index (χ0) is 21.9. The SMILES string of the molecule is C/C=C/CC(/C(C)=C/COCc1ccccc1)N(C)S(=O)c1ccccc1[N+](=O)[O-]. The number of nitro benzene ring substituents is 1. The number of nitro groups is 1. The molecule has 0 bridgehead atoms. The third-order valence-electron chi connectivity index (χ3n) is 4.71. The first kappa shape index (κ1) is 23.7. The van der Waals surface area contributed by atoms with Crippen molar-refractivity contribution < 1.29 is 13.9 Å². The zero-order valence-electron chi connectivity index (χ0n) is 17.6. The Morgan fingerprint density at radius 1 is 1.20 bits per heavy atom. The number of likely N-dealkylation sites (N-methyl/N-ethyl adjacent to an activating group) is 1. The van der Waals surface area contributed by atoms with Crippen molar-refractivity contribution in [1.82, 2.24) is 4.31 Å². The normalized spacial score (nSPS) is 14.2. The molecule has 6 nitrogen and oxygen atoms in total. The number of para-hydroxylation sites is 1. The van der Waals surface area contributed by atoms with Crippen molar-refractivity contribution in [2.45, 2.75) is 37.8 Å². The second kappa shape index (κ2) is 12.2. The van der Waals surface area contributed by atoms with Crippen LogP contribution in [0.1, 0.15) is 25.8 Å². The predicted octanol–water partition coefficient (Wildman–Crippen LogP) is 5.05. The van der Waals surface area contributed by atoms with Crippen LogP contribution in [0.5, 0.6) is 0 Å². The van der Waals surface area contributed by atoms with Crippen LogP contribution in [0.4, 0.5) is 5.69 Å². The molecule has 2 atom stereocenters. The van der Waals surface area contributed by atoms with Crippen LogP contribution in [0.25, 0.3) is 0 Å². The summed E-state index contributed by atoms with van der Waals surface area (Å²) in [5.74, 6) is 0. The van der Waals surface area contributed by atoms with E-state index in [4.69, 9.17) is 4.74 Å². The third-order valence-corrected chi connectivity index (χ3v) is 6.21. The van der Waals surface area contributed by atoms with Gasteiger partial charge in [0.2, 0.25) is 0 Å². The van der Waals surface area contributed by atoms with Gasteiger partial charge in [-0.1, -0.05) is 66.3 Å². The molecule has 2 rings (SSSR count). The fourth-order valence-electron chi connectivity index (χ4n) is 2.99. The lowest BCUT2D eigenvalue weighted by atomic mass is 10.1. The Morgan fingerprint density at radius 3 is 2.53 bits per heavy atom. The van der Waals surface area contributed by atoms with Gasteiger partial charge >= 0.3 is 0 Å². The highest BCUT2D eigenvalue weighted by atomic mass is 32.2. The van der Waals surface area contributed by atoms with Gasteiger partial charge in [0.25, 0.3) is 5.69 Å². The molecule has 0 spiro atoms. The maximum absolute atomic E-state index is 13.1. The van der Waals surface area contributed by atoms with E-state index in [-0.39, 0.29) is 16.6 Å². The quantitative estimate of drug-likeness (QED) is 0.217. The van der Waals surface area contributed by atoms with Crippen LogP contribution in [0.15, 0.2) is 83.3 Å². The Hall–Kier alpha value is -2.61. The summed E-state index contributed by atoms with van der Waals surface area (Å²) in [7, 11) is 0.0501. The van der Waals surface area contributed by atoms with E-state index < -0.39 is 15.9 Å². The number of hydrogen-bond donors (Lipinski definition) is 0. The van der Waals surface area contributed by atoms with E-state index >= 15 is 0 Å². The van der Waals surface area contributed by atoms with E-state index in [1.54, 1.807) is 29.6 Å². The van der Waals surface area contributed by atoms with Gasteiger partial charge in [-0.3, -0.25) is 10.1 Å². The molecule has 0 aliphatic rings. The summed E-state index contributed by atoms with van der Waals surface area (Å²) < 4.78 is 20.6. The molecule has 160 valence electrons. The summed E-state index contributed by atoms with van der Waals surface area (Å²) in [6.07, 6.45) is 6.55. The first-order valence-corrected chi connectivity index (χ1v) is 10.8. The van der Waals surface area contributed by atoms with E-state index in [1.165, 1.54) is 6.07 Å². The van der Waals surface area contributed by atoms with Gasteiger partial charge in [0, 0.05) is 19.2 Å². The van der Waals surface area contributed by atoms with Crippen molar-refractivity contribution in [3.63, 3.8) is 0 Å². The molecule has 0 heterocycles. The van der Waals surface area contributed by atoms with Gasteiger partial charge in [0.1, 0.15) is 15.9 Å². The lowest BCUT2D eigenvalue weighted by Gasteiger charge is -2.27. The summed E-state index contributed by atoms with van der Waals surface area (Å²) in [6, 6.07) is 15.9. The van der Waals surface area contributed by atoms with Gasteiger partial charge in [0.15, 0.2) is 0 Å². The summed E-state index contributed by atoms with van der Waals surface area (Å²) in [5, 5.41) is 11.3. The molecular formula is C23H28N2O4S. The van der Waals surface area contributed by atoms with E-state index in [0.717, 1.165) is 11.1 Å². The van der Waals surface area contributed by atoms with Crippen LogP contribution in [-0.2, 0) is 22.3 Å². The highest BCUT2D eigenvalue weighted by Crippen LogP contribution is 2.26. The average molecular weight is 429 g/mol. The summed E-state index contributed by atoms with van der Waals surface area (Å²) in [5.41, 5.74) is 1.96. The van der Waals surface area contributed by atoms with Crippen LogP contribution in [-0.4, -0.2) is 33.1 Å². The van der Waals surface area contributed by atoms with Crippen LogP contribution < -0.4 is 0 Å². The second-order valence-electron chi connectivity index (χ2n) is 6.79. The molecule has 0 radical (unpaired) electrons. The maximum atomic E-state index is 13.1. The fraction of sp³-hybridized carbons (Fsp3) is 0.304. The Balaban J connectivity index is 2.13. The van der Waals surface area contributed by atoms with Crippen molar-refractivity contribution in [3.8, 4) is 0 Å². The van der Waals surface area contributed by atoms with E-state index in [0.29, 0.717) is 19.6 Å². The Labute approximate surface area is 180 Å². The van der Waals surface area contributed by atoms with Gasteiger partial charge in [-0.2, -0.15) is 0 Å². The topological polar surface area (TPSA) is 72.7 Å². The van der Waals surface area contributed by atoms with Crippen LogP contribution in [0.2, 0.25) is 0 Å². The molecule has 2 unspecified atom stereocenters. The van der Waals surface area contributed by atoms with Crippen LogP contribution in [0, 0.1) is 10.1 Å². The van der Waals surface area contributed by atoms with Gasteiger partial charge < -0.3 is 4.74 Å². The first-order chi connectivity index (χ1) is 14.5. The number of nitrogens with zero attached hydrogens (tertiary/aromatic N) is 2. The van der Waals surface area contributed by atoms with Crippen LogP contribution in [0.3, 0.4) is 0 Å². The Bertz CT molecular complexity index is 912. The largest absolute Gasteiger partial charge is 0.373 e. The molecule has 2 aromatic rings. The fourth-order valence-corrected chi connectivity index (χ4v) is 4.30. The minimum absolute atomic E-state index is 0.139. The Kier molecular flexibility index (Phi) is 9.60. The minimum Gasteiger partial charge on any atom is -0.373 e. The first-order valence-electron chi connectivity index (χ1n) is 9.73. The van der Waals surface area contributed by atoms with Gasteiger partial charge in [-0.05, 0) is 31.9 Å². The lowest BCUT2D eigenvalue weighted by molar-refractivity contribution is -0.387. The maximum Gasteiger partial charge on any atom is 0.286 e. The van der Waals surface area contributed by atoms with E-state index in [9.17, 15) is 14.3 Å².